The van der Waals surface area contributed by atoms with Crippen LogP contribution < -0.4 is 11.5 Å². The van der Waals surface area contributed by atoms with Gasteiger partial charge in [-0.25, -0.2) is 0 Å². The van der Waals surface area contributed by atoms with Crippen molar-refractivity contribution < 1.29 is 13.2 Å². The van der Waals surface area contributed by atoms with Crippen molar-refractivity contribution in [2.24, 2.45) is 11.5 Å². The van der Waals surface area contributed by atoms with E-state index < -0.39 is 17.8 Å². The molecular weight excluding hydrogens is 264 g/mol. The Morgan fingerprint density at radius 2 is 1.88 bits per heavy atom. The molecule has 0 amide bonds. The molecule has 1 aromatic rings. The molecule has 0 fully saturated rings. The number of rotatable bonds is 2. The summed E-state index contributed by atoms with van der Waals surface area (Å²) in [6, 6.07) is 2.93. The fraction of sp³-hybridized carbons (Fsp3) is 0.333. The van der Waals surface area contributed by atoms with Gasteiger partial charge in [-0.3, -0.25) is 0 Å². The Kier molecular flexibility index (Phi) is 5.55. The second-order valence-corrected chi connectivity index (χ2v) is 3.43. The van der Waals surface area contributed by atoms with Crippen LogP contribution in [0.4, 0.5) is 13.2 Å². The maximum atomic E-state index is 12.4. The summed E-state index contributed by atoms with van der Waals surface area (Å²) in [5.74, 6) is 0. The first kappa shape index (κ1) is 15.5. The minimum absolute atomic E-state index is 0. The van der Waals surface area contributed by atoms with Gasteiger partial charge < -0.3 is 11.5 Å². The lowest BCUT2D eigenvalue weighted by atomic mass is 10.0. The van der Waals surface area contributed by atoms with Crippen LogP contribution in [0.15, 0.2) is 18.2 Å². The SMILES string of the molecule is Cl.NC[C@@H](N)c1cccc(C(F)(F)F)c1Cl. The van der Waals surface area contributed by atoms with Crippen molar-refractivity contribution in [3.8, 4) is 0 Å². The molecule has 0 unspecified atom stereocenters. The number of nitrogens with two attached hydrogens (primary N) is 2. The summed E-state index contributed by atoms with van der Waals surface area (Å²) in [5, 5.41) is -0.372. The van der Waals surface area contributed by atoms with Gasteiger partial charge in [-0.05, 0) is 11.6 Å². The number of hydrogen-bond donors (Lipinski definition) is 2. The van der Waals surface area contributed by atoms with Crippen molar-refractivity contribution in [1.29, 1.82) is 0 Å². The quantitative estimate of drug-likeness (QED) is 0.871. The van der Waals surface area contributed by atoms with E-state index >= 15 is 0 Å². The van der Waals surface area contributed by atoms with Crippen LogP contribution in [0.3, 0.4) is 0 Å². The van der Waals surface area contributed by atoms with Crippen LogP contribution in [0.2, 0.25) is 5.02 Å². The van der Waals surface area contributed by atoms with Gasteiger partial charge >= 0.3 is 6.18 Å². The van der Waals surface area contributed by atoms with Crippen LogP contribution in [0.1, 0.15) is 17.2 Å². The molecule has 4 N–H and O–H groups in total. The van der Waals surface area contributed by atoms with Crippen LogP contribution in [-0.4, -0.2) is 6.54 Å². The van der Waals surface area contributed by atoms with E-state index in [0.29, 0.717) is 0 Å². The molecule has 0 radical (unpaired) electrons. The van der Waals surface area contributed by atoms with Crippen LogP contribution >= 0.6 is 24.0 Å². The van der Waals surface area contributed by atoms with Crippen LogP contribution in [0.5, 0.6) is 0 Å². The lowest BCUT2D eigenvalue weighted by Gasteiger charge is -2.15. The van der Waals surface area contributed by atoms with Crippen molar-refractivity contribution in [1.82, 2.24) is 0 Å². The monoisotopic (exact) mass is 274 g/mol. The van der Waals surface area contributed by atoms with E-state index in [4.69, 9.17) is 23.1 Å². The fourth-order valence-electron chi connectivity index (χ4n) is 1.18. The predicted octanol–water partition coefficient (Wildman–Crippen LogP) is 2.74. The molecule has 0 aromatic heterocycles. The molecule has 1 atom stereocenters. The average Bonchev–Trinajstić information content (AvgIpc) is 2.15. The Hall–Kier alpha value is -0.490. The molecule has 0 aliphatic rings. The molecule has 0 bridgehead atoms. The number of alkyl halides is 3. The van der Waals surface area contributed by atoms with Gasteiger partial charge in [0.2, 0.25) is 0 Å². The molecule has 0 heterocycles. The zero-order valence-corrected chi connectivity index (χ0v) is 9.66. The summed E-state index contributed by atoms with van der Waals surface area (Å²) in [4.78, 5) is 0. The highest BCUT2D eigenvalue weighted by Crippen LogP contribution is 2.37. The Balaban J connectivity index is 0.00000225. The minimum Gasteiger partial charge on any atom is -0.329 e. The summed E-state index contributed by atoms with van der Waals surface area (Å²) in [6.45, 7) is 0.0427. The van der Waals surface area contributed by atoms with Crippen molar-refractivity contribution >= 4 is 24.0 Å². The maximum Gasteiger partial charge on any atom is 0.417 e. The van der Waals surface area contributed by atoms with Gasteiger partial charge in [0.1, 0.15) is 0 Å². The van der Waals surface area contributed by atoms with Gasteiger partial charge in [0, 0.05) is 12.6 Å². The first-order chi connectivity index (χ1) is 6.88. The van der Waals surface area contributed by atoms with Gasteiger partial charge in [-0.2, -0.15) is 13.2 Å². The molecule has 0 aliphatic heterocycles. The van der Waals surface area contributed by atoms with E-state index in [-0.39, 0.29) is 29.5 Å². The Morgan fingerprint density at radius 1 is 1.31 bits per heavy atom. The molecule has 16 heavy (non-hydrogen) atoms. The summed E-state index contributed by atoms with van der Waals surface area (Å²) in [6.07, 6.45) is -4.47. The summed E-state index contributed by atoms with van der Waals surface area (Å²) >= 11 is 5.61. The lowest BCUT2D eigenvalue weighted by Crippen LogP contribution is -2.22. The molecule has 2 nitrogen and oxygen atoms in total. The normalized spacial score (nSPS) is 13.1. The molecule has 0 spiro atoms. The second kappa shape index (κ2) is 5.72. The molecule has 0 aliphatic carbocycles. The third-order valence-electron chi connectivity index (χ3n) is 1.99. The molecule has 7 heteroatoms. The van der Waals surface area contributed by atoms with Crippen molar-refractivity contribution in [3.63, 3.8) is 0 Å². The molecule has 0 saturated heterocycles. The summed E-state index contributed by atoms with van der Waals surface area (Å²) in [7, 11) is 0. The van der Waals surface area contributed by atoms with E-state index in [9.17, 15) is 13.2 Å². The predicted molar refractivity (Wildman–Crippen MR) is 59.7 cm³/mol. The third kappa shape index (κ3) is 3.25. The van der Waals surface area contributed by atoms with Crippen LogP contribution in [0, 0.1) is 0 Å². The molecule has 1 rings (SSSR count). The highest BCUT2D eigenvalue weighted by molar-refractivity contribution is 6.32. The van der Waals surface area contributed by atoms with Gasteiger partial charge in [0.15, 0.2) is 0 Å². The van der Waals surface area contributed by atoms with Gasteiger partial charge in [0.25, 0.3) is 0 Å². The average molecular weight is 275 g/mol. The van der Waals surface area contributed by atoms with Gasteiger partial charge in [0.05, 0.1) is 10.6 Å². The number of benzene rings is 1. The number of hydrogen-bond acceptors (Lipinski definition) is 2. The zero-order valence-electron chi connectivity index (χ0n) is 8.09. The van der Waals surface area contributed by atoms with E-state index in [2.05, 4.69) is 0 Å². The highest BCUT2D eigenvalue weighted by Gasteiger charge is 2.34. The molecule has 92 valence electrons. The minimum atomic E-state index is -4.47. The van der Waals surface area contributed by atoms with E-state index in [1.165, 1.54) is 12.1 Å². The standard InChI is InChI=1S/C9H10ClF3N2.ClH/c10-8-5(7(15)4-14)2-1-3-6(8)9(11,12)13;/h1-3,7H,4,14-15H2;1H/t7-;/m1./s1. The zero-order chi connectivity index (χ0) is 11.6. The van der Waals surface area contributed by atoms with Gasteiger partial charge in [-0.15, -0.1) is 12.4 Å². The number of halogens is 5. The van der Waals surface area contributed by atoms with Crippen molar-refractivity contribution in [2.75, 3.05) is 6.54 Å². The maximum absolute atomic E-state index is 12.4. The van der Waals surface area contributed by atoms with Crippen molar-refractivity contribution in [3.05, 3.63) is 34.3 Å². The first-order valence-electron chi connectivity index (χ1n) is 4.19. The Morgan fingerprint density at radius 3 is 2.31 bits per heavy atom. The first-order valence-corrected chi connectivity index (χ1v) is 4.57. The smallest absolute Gasteiger partial charge is 0.329 e. The summed E-state index contributed by atoms with van der Waals surface area (Å²) < 4.78 is 37.3. The van der Waals surface area contributed by atoms with Crippen LogP contribution in [0.25, 0.3) is 0 Å². The van der Waals surface area contributed by atoms with E-state index in [1.54, 1.807) is 0 Å². The molecule has 1 aromatic carbocycles. The Bertz CT molecular complexity index is 355. The van der Waals surface area contributed by atoms with Gasteiger partial charge in [-0.1, -0.05) is 23.7 Å². The molecular formula is C9H11Cl2F3N2. The highest BCUT2D eigenvalue weighted by atomic mass is 35.5. The van der Waals surface area contributed by atoms with E-state index in [1.807, 2.05) is 0 Å². The molecule has 0 saturated carbocycles. The lowest BCUT2D eigenvalue weighted by molar-refractivity contribution is -0.137. The summed E-state index contributed by atoms with van der Waals surface area (Å²) in [5.41, 5.74) is 10.1. The largest absolute Gasteiger partial charge is 0.417 e. The fourth-order valence-corrected chi connectivity index (χ4v) is 1.56. The van der Waals surface area contributed by atoms with Crippen LogP contribution in [-0.2, 0) is 6.18 Å². The third-order valence-corrected chi connectivity index (χ3v) is 2.41. The topological polar surface area (TPSA) is 52.0 Å². The van der Waals surface area contributed by atoms with Crippen molar-refractivity contribution in [2.45, 2.75) is 12.2 Å². The van der Waals surface area contributed by atoms with E-state index in [0.717, 1.165) is 6.07 Å². The second-order valence-electron chi connectivity index (χ2n) is 3.05. The Labute approximate surface area is 102 Å².